The number of thiophene rings is 1. The Labute approximate surface area is 159 Å². The maximum Gasteiger partial charge on any atom is 0.294 e. The number of benzene rings is 1. The summed E-state index contributed by atoms with van der Waals surface area (Å²) in [7, 11) is -5.64. The Bertz CT molecular complexity index is 1200. The van der Waals surface area contributed by atoms with Crippen LogP contribution in [0.25, 0.3) is 10.2 Å². The minimum absolute atomic E-state index is 0.157. The van der Waals surface area contributed by atoms with Crippen LogP contribution in [0.5, 0.6) is 0 Å². The average Bonchev–Trinajstić information content (AvgIpc) is 3.19. The third kappa shape index (κ3) is 3.91. The lowest BCUT2D eigenvalue weighted by Gasteiger charge is -2.05. The molecule has 0 aliphatic carbocycles. The number of fused-ring (bicyclic) bond motifs is 1. The van der Waals surface area contributed by atoms with Crippen molar-refractivity contribution < 1.29 is 21.6 Å². The molecule has 0 aliphatic heterocycles. The summed E-state index contributed by atoms with van der Waals surface area (Å²) in [5.41, 5.74) is 0.708. The van der Waals surface area contributed by atoms with Gasteiger partial charge in [0, 0.05) is 19.9 Å². The highest BCUT2D eigenvalue weighted by Crippen LogP contribution is 2.23. The molecule has 0 fully saturated rings. The second-order valence-corrected chi connectivity index (χ2v) is 11.2. The van der Waals surface area contributed by atoms with Gasteiger partial charge in [-0.25, -0.2) is 8.42 Å². The summed E-state index contributed by atoms with van der Waals surface area (Å²) in [6, 6.07) is 7.85. The van der Waals surface area contributed by atoms with Crippen LogP contribution < -0.4 is 4.80 Å². The molecule has 0 spiro atoms. The molecule has 11 heteroatoms. The van der Waals surface area contributed by atoms with E-state index in [-0.39, 0.29) is 13.9 Å². The quantitative estimate of drug-likeness (QED) is 0.594. The van der Waals surface area contributed by atoms with Gasteiger partial charge in [0.25, 0.3) is 10.0 Å². The van der Waals surface area contributed by atoms with Gasteiger partial charge in [0.05, 0.1) is 21.7 Å². The predicted octanol–water partition coefficient (Wildman–Crippen LogP) is 2.10. The summed E-state index contributed by atoms with van der Waals surface area (Å²) in [6.45, 7) is 0.763. The zero-order chi connectivity index (χ0) is 18.9. The topological polar surface area (TPSA) is 94.8 Å². The molecule has 2 aromatic heterocycles. The van der Waals surface area contributed by atoms with Gasteiger partial charge in [0.1, 0.15) is 4.21 Å². The molecular weight excluding hydrogens is 416 g/mol. The van der Waals surface area contributed by atoms with E-state index in [1.807, 2.05) is 0 Å². The highest BCUT2D eigenvalue weighted by molar-refractivity contribution is 7.92. The van der Waals surface area contributed by atoms with E-state index in [0.717, 1.165) is 28.9 Å². The molecule has 0 atom stereocenters. The number of aromatic nitrogens is 1. The molecule has 0 saturated heterocycles. The molecule has 140 valence electrons. The van der Waals surface area contributed by atoms with E-state index in [1.165, 1.54) is 18.2 Å². The summed E-state index contributed by atoms with van der Waals surface area (Å²) in [4.78, 5) is 0.453. The molecule has 3 rings (SSSR count). The lowest BCUT2D eigenvalue weighted by molar-refractivity contribution is 0.187. The Kier molecular flexibility index (Phi) is 5.35. The largest absolute Gasteiger partial charge is 0.383 e. The lowest BCUT2D eigenvalue weighted by atomic mass is 10.3. The zero-order valence-corrected chi connectivity index (χ0v) is 17.2. The standard InChI is InChI=1S/C15H16N2O5S4/c1-22-8-7-17-12-6-5-11(25(2,18)19)10-13(12)24-15(17)16-26(20,21)14-4-3-9-23-14/h3-6,9-10H,7-8H2,1-2H3. The smallest absolute Gasteiger partial charge is 0.294 e. The van der Waals surface area contributed by atoms with Crippen molar-refractivity contribution >= 4 is 52.8 Å². The van der Waals surface area contributed by atoms with E-state index >= 15 is 0 Å². The van der Waals surface area contributed by atoms with E-state index in [1.54, 1.807) is 29.2 Å². The molecule has 1 aromatic carbocycles. The van der Waals surface area contributed by atoms with Crippen molar-refractivity contribution in [3.63, 3.8) is 0 Å². The van der Waals surface area contributed by atoms with E-state index in [9.17, 15) is 16.8 Å². The number of thiazole rings is 1. The molecule has 0 aliphatic rings. The molecule has 0 saturated carbocycles. The first kappa shape index (κ1) is 19.2. The van der Waals surface area contributed by atoms with Gasteiger partial charge in [-0.2, -0.15) is 8.42 Å². The number of sulfone groups is 1. The first-order valence-corrected chi connectivity index (χ1v) is 12.4. The van der Waals surface area contributed by atoms with Crippen molar-refractivity contribution in [3.8, 4) is 0 Å². The monoisotopic (exact) mass is 432 g/mol. The fraction of sp³-hybridized carbons (Fsp3) is 0.267. The predicted molar refractivity (Wildman–Crippen MR) is 102 cm³/mol. The van der Waals surface area contributed by atoms with Gasteiger partial charge in [-0.3, -0.25) is 0 Å². The minimum atomic E-state index is -3.83. The molecule has 0 N–H and O–H groups in total. The first-order valence-electron chi connectivity index (χ1n) is 7.39. The van der Waals surface area contributed by atoms with Crippen molar-refractivity contribution in [3.05, 3.63) is 40.5 Å². The van der Waals surface area contributed by atoms with Crippen LogP contribution in [0.15, 0.2) is 49.2 Å². The van der Waals surface area contributed by atoms with Crippen LogP contribution >= 0.6 is 22.7 Å². The number of rotatable bonds is 6. The maximum atomic E-state index is 12.5. The molecule has 0 bridgehead atoms. The number of sulfonamides is 1. The number of nitrogens with zero attached hydrogens (tertiary/aromatic N) is 2. The fourth-order valence-corrected chi connectivity index (χ4v) is 6.30. The van der Waals surface area contributed by atoms with Crippen LogP contribution in [0, 0.1) is 0 Å². The summed E-state index contributed by atoms with van der Waals surface area (Å²) in [5, 5.41) is 1.67. The molecule has 7 nitrogen and oxygen atoms in total. The van der Waals surface area contributed by atoms with Crippen LogP contribution in [0.3, 0.4) is 0 Å². The molecule has 26 heavy (non-hydrogen) atoms. The van der Waals surface area contributed by atoms with Crippen molar-refractivity contribution in [2.45, 2.75) is 15.6 Å². The van der Waals surface area contributed by atoms with Crippen LogP contribution in [0.1, 0.15) is 0 Å². The van der Waals surface area contributed by atoms with Gasteiger partial charge in [-0.1, -0.05) is 17.4 Å². The van der Waals surface area contributed by atoms with Crippen LogP contribution in [-0.2, 0) is 31.1 Å². The second kappa shape index (κ2) is 7.24. The highest BCUT2D eigenvalue weighted by atomic mass is 32.2. The summed E-state index contributed by atoms with van der Waals surface area (Å²) in [6.07, 6.45) is 1.13. The van der Waals surface area contributed by atoms with Gasteiger partial charge in [0.15, 0.2) is 9.84 Å². The van der Waals surface area contributed by atoms with Crippen molar-refractivity contribution in [2.75, 3.05) is 20.0 Å². The van der Waals surface area contributed by atoms with Crippen molar-refractivity contribution in [2.24, 2.45) is 4.40 Å². The Morgan fingerprint density at radius 3 is 2.58 bits per heavy atom. The third-order valence-electron chi connectivity index (χ3n) is 3.55. The molecule has 0 amide bonds. The number of methoxy groups -OCH3 is 1. The van der Waals surface area contributed by atoms with E-state index in [2.05, 4.69) is 4.40 Å². The average molecular weight is 433 g/mol. The Hall–Kier alpha value is -1.53. The SMILES string of the molecule is COCCn1c(=NS(=O)(=O)c2cccs2)sc2cc(S(C)(=O)=O)ccc21. The highest BCUT2D eigenvalue weighted by Gasteiger charge is 2.17. The third-order valence-corrected chi connectivity index (χ3v) is 8.46. The molecule has 3 aromatic rings. The Balaban J connectivity index is 2.25. The molecule has 0 radical (unpaired) electrons. The number of ether oxygens (including phenoxy) is 1. The minimum Gasteiger partial charge on any atom is -0.383 e. The first-order chi connectivity index (χ1) is 12.2. The normalized spacial score (nSPS) is 13.5. The maximum absolute atomic E-state index is 12.5. The van der Waals surface area contributed by atoms with Gasteiger partial charge in [0.2, 0.25) is 4.80 Å². The van der Waals surface area contributed by atoms with Crippen LogP contribution in [0.4, 0.5) is 0 Å². The van der Waals surface area contributed by atoms with Gasteiger partial charge in [-0.15, -0.1) is 15.7 Å². The van der Waals surface area contributed by atoms with Gasteiger partial charge < -0.3 is 9.30 Å². The lowest BCUT2D eigenvalue weighted by Crippen LogP contribution is -2.19. The number of hydrogen-bond acceptors (Lipinski definition) is 7. The van der Waals surface area contributed by atoms with Gasteiger partial charge in [-0.05, 0) is 29.6 Å². The van der Waals surface area contributed by atoms with Crippen molar-refractivity contribution in [1.29, 1.82) is 0 Å². The zero-order valence-electron chi connectivity index (χ0n) is 13.9. The fourth-order valence-electron chi connectivity index (χ4n) is 2.31. The molecule has 2 heterocycles. The van der Waals surface area contributed by atoms with Crippen molar-refractivity contribution in [1.82, 2.24) is 4.57 Å². The van der Waals surface area contributed by atoms with Gasteiger partial charge >= 0.3 is 0 Å². The Morgan fingerprint density at radius 1 is 1.19 bits per heavy atom. The van der Waals surface area contributed by atoms with Crippen LogP contribution in [-0.4, -0.2) is 41.4 Å². The molecule has 0 unspecified atom stereocenters. The Morgan fingerprint density at radius 2 is 1.96 bits per heavy atom. The summed E-state index contributed by atoms with van der Waals surface area (Å²) < 4.78 is 60.2. The van der Waals surface area contributed by atoms with Crippen LogP contribution in [0.2, 0.25) is 0 Å². The summed E-state index contributed by atoms with van der Waals surface area (Å²) in [5.74, 6) is 0. The molecular formula is C15H16N2O5S4. The number of hydrogen-bond donors (Lipinski definition) is 0. The van der Waals surface area contributed by atoms with E-state index in [0.29, 0.717) is 23.4 Å². The van der Waals surface area contributed by atoms with E-state index < -0.39 is 19.9 Å². The van der Waals surface area contributed by atoms with E-state index in [4.69, 9.17) is 4.74 Å². The second-order valence-electron chi connectivity index (χ2n) is 5.43. The summed E-state index contributed by atoms with van der Waals surface area (Å²) >= 11 is 2.23.